The molecule has 0 aliphatic rings. The van der Waals surface area contributed by atoms with Crippen LogP contribution in [-0.2, 0) is 0 Å². The Morgan fingerprint density at radius 3 is 1.49 bits per heavy atom. The van der Waals surface area contributed by atoms with Crippen molar-refractivity contribution < 1.29 is 4.79 Å². The van der Waals surface area contributed by atoms with E-state index in [1.807, 2.05) is 30.3 Å². The molecule has 35 heavy (non-hydrogen) atoms. The van der Waals surface area contributed by atoms with Gasteiger partial charge < -0.3 is 5.32 Å². The van der Waals surface area contributed by atoms with Gasteiger partial charge in [0.25, 0.3) is 5.91 Å². The molecule has 1 N–H and O–H groups in total. The molecule has 0 aliphatic carbocycles. The first kappa shape index (κ1) is 29.4. The van der Waals surface area contributed by atoms with Crippen molar-refractivity contribution in [3.05, 3.63) is 48.0 Å². The van der Waals surface area contributed by atoms with E-state index in [0.717, 1.165) is 29.3 Å². The summed E-state index contributed by atoms with van der Waals surface area (Å²) in [5.41, 5.74) is 0.788. The predicted octanol–water partition coefficient (Wildman–Crippen LogP) is 10.4. The van der Waals surface area contributed by atoms with E-state index in [-0.39, 0.29) is 5.91 Å². The lowest BCUT2D eigenvalue weighted by molar-refractivity contribution is 0.0954. The lowest BCUT2D eigenvalue weighted by Crippen LogP contribution is -2.24. The fourth-order valence-electron chi connectivity index (χ4n) is 5.10. The summed E-state index contributed by atoms with van der Waals surface area (Å²) in [6.07, 6.45) is 27.9. The number of hydrogen-bond donors (Lipinski definition) is 1. The number of carbonyl (C=O) groups excluding carboxylic acids is 1. The normalized spacial score (nSPS) is 11.2. The molecule has 0 saturated carbocycles. The van der Waals surface area contributed by atoms with Crippen molar-refractivity contribution in [1.29, 1.82) is 0 Å². The topological polar surface area (TPSA) is 29.1 Å². The molecule has 0 heterocycles. The van der Waals surface area contributed by atoms with E-state index in [1.165, 1.54) is 122 Å². The van der Waals surface area contributed by atoms with E-state index in [9.17, 15) is 4.79 Å². The van der Waals surface area contributed by atoms with E-state index in [0.29, 0.717) is 0 Å². The average molecular weight is 480 g/mol. The fraction of sp³-hybridized carbons (Fsp3) is 0.667. The minimum Gasteiger partial charge on any atom is -0.352 e. The van der Waals surface area contributed by atoms with Crippen LogP contribution in [0, 0.1) is 0 Å². The second-order valence-electron chi connectivity index (χ2n) is 10.5. The van der Waals surface area contributed by atoms with Gasteiger partial charge in [0.2, 0.25) is 0 Å². The standard InChI is InChI=1S/C33H53NO/c1-2-3-4-5-6-7-8-9-10-11-12-13-14-15-16-17-18-19-20-23-29-34-33(35)32-28-24-26-30-25-21-22-27-31(30)32/h21-22,24-28H,2-20,23,29H2,1H3,(H,34,35). The molecule has 2 rings (SSSR count). The monoisotopic (exact) mass is 479 g/mol. The Kier molecular flexibility index (Phi) is 17.1. The van der Waals surface area contributed by atoms with Crippen LogP contribution >= 0.6 is 0 Å². The molecule has 0 atom stereocenters. The molecule has 2 aromatic rings. The number of fused-ring (bicyclic) bond motifs is 1. The quantitative estimate of drug-likeness (QED) is 0.167. The summed E-state index contributed by atoms with van der Waals surface area (Å²) < 4.78 is 0. The second-order valence-corrected chi connectivity index (χ2v) is 10.5. The first-order valence-electron chi connectivity index (χ1n) is 15.1. The number of benzene rings is 2. The van der Waals surface area contributed by atoms with E-state index in [2.05, 4.69) is 24.4 Å². The molecule has 196 valence electrons. The first-order chi connectivity index (χ1) is 17.3. The fourth-order valence-corrected chi connectivity index (χ4v) is 5.10. The summed E-state index contributed by atoms with van der Waals surface area (Å²) in [7, 11) is 0. The highest BCUT2D eigenvalue weighted by Crippen LogP contribution is 2.18. The van der Waals surface area contributed by atoms with Crippen molar-refractivity contribution in [2.45, 2.75) is 135 Å². The Bertz CT molecular complexity index is 778. The van der Waals surface area contributed by atoms with Crippen molar-refractivity contribution in [2.24, 2.45) is 0 Å². The molecule has 1 amide bonds. The van der Waals surface area contributed by atoms with Crippen LogP contribution in [0.25, 0.3) is 10.8 Å². The summed E-state index contributed by atoms with van der Waals surface area (Å²) in [4.78, 5) is 12.5. The summed E-state index contributed by atoms with van der Waals surface area (Å²) in [5.74, 6) is 0.0552. The van der Waals surface area contributed by atoms with Crippen molar-refractivity contribution in [1.82, 2.24) is 5.32 Å². The van der Waals surface area contributed by atoms with E-state index in [1.54, 1.807) is 0 Å². The maximum absolute atomic E-state index is 12.5. The lowest BCUT2D eigenvalue weighted by Gasteiger charge is -2.08. The molecule has 0 radical (unpaired) electrons. The summed E-state index contributed by atoms with van der Waals surface area (Å²) in [6.45, 7) is 3.07. The Labute approximate surface area is 216 Å². The van der Waals surface area contributed by atoms with Gasteiger partial charge in [0, 0.05) is 12.1 Å². The third kappa shape index (κ3) is 13.7. The van der Waals surface area contributed by atoms with Gasteiger partial charge >= 0.3 is 0 Å². The summed E-state index contributed by atoms with van der Waals surface area (Å²) in [6, 6.07) is 14.1. The van der Waals surface area contributed by atoms with E-state index < -0.39 is 0 Å². The number of hydrogen-bond acceptors (Lipinski definition) is 1. The van der Waals surface area contributed by atoms with Gasteiger partial charge in [-0.05, 0) is 23.3 Å². The number of amides is 1. The maximum Gasteiger partial charge on any atom is 0.251 e. The minimum absolute atomic E-state index is 0.0552. The van der Waals surface area contributed by atoms with Gasteiger partial charge in [-0.1, -0.05) is 165 Å². The number of nitrogens with one attached hydrogen (secondary N) is 1. The zero-order valence-corrected chi connectivity index (χ0v) is 22.8. The summed E-state index contributed by atoms with van der Waals surface area (Å²) in [5, 5.41) is 5.27. The van der Waals surface area contributed by atoms with Crippen molar-refractivity contribution in [2.75, 3.05) is 6.54 Å². The van der Waals surface area contributed by atoms with Crippen LogP contribution in [0.5, 0.6) is 0 Å². The van der Waals surface area contributed by atoms with Crippen LogP contribution in [0.1, 0.15) is 146 Å². The number of carbonyl (C=O) groups is 1. The van der Waals surface area contributed by atoms with Crippen LogP contribution in [0.2, 0.25) is 0 Å². The van der Waals surface area contributed by atoms with Crippen LogP contribution in [0.4, 0.5) is 0 Å². The van der Waals surface area contributed by atoms with Crippen molar-refractivity contribution in [3.63, 3.8) is 0 Å². The SMILES string of the molecule is CCCCCCCCCCCCCCCCCCCCCCNC(=O)c1cccc2ccccc12. The lowest BCUT2D eigenvalue weighted by atomic mass is 10.0. The molecule has 0 spiro atoms. The van der Waals surface area contributed by atoms with Gasteiger partial charge in [0.15, 0.2) is 0 Å². The zero-order valence-electron chi connectivity index (χ0n) is 22.8. The second kappa shape index (κ2) is 20.4. The summed E-state index contributed by atoms with van der Waals surface area (Å²) >= 11 is 0. The van der Waals surface area contributed by atoms with E-state index >= 15 is 0 Å². The molecular formula is C33H53NO. The Balaban J connectivity index is 1.31. The molecular weight excluding hydrogens is 426 g/mol. The number of rotatable bonds is 22. The van der Waals surface area contributed by atoms with Crippen LogP contribution < -0.4 is 5.32 Å². The molecule has 0 aliphatic heterocycles. The molecule has 0 fully saturated rings. The van der Waals surface area contributed by atoms with Crippen LogP contribution in [0.15, 0.2) is 42.5 Å². The third-order valence-electron chi connectivity index (χ3n) is 7.35. The van der Waals surface area contributed by atoms with Crippen molar-refractivity contribution >= 4 is 16.7 Å². The first-order valence-corrected chi connectivity index (χ1v) is 15.1. The minimum atomic E-state index is 0.0552. The van der Waals surface area contributed by atoms with Crippen molar-refractivity contribution in [3.8, 4) is 0 Å². The Morgan fingerprint density at radius 1 is 0.543 bits per heavy atom. The maximum atomic E-state index is 12.5. The molecule has 0 saturated heterocycles. The van der Waals surface area contributed by atoms with Gasteiger partial charge in [-0.25, -0.2) is 0 Å². The smallest absolute Gasteiger partial charge is 0.251 e. The van der Waals surface area contributed by atoms with E-state index in [4.69, 9.17) is 0 Å². The zero-order chi connectivity index (χ0) is 24.8. The highest BCUT2D eigenvalue weighted by atomic mass is 16.1. The predicted molar refractivity (Wildman–Crippen MR) is 154 cm³/mol. The van der Waals surface area contributed by atoms with Gasteiger partial charge in [-0.3, -0.25) is 4.79 Å². The van der Waals surface area contributed by atoms with Crippen LogP contribution in [-0.4, -0.2) is 12.5 Å². The van der Waals surface area contributed by atoms with Gasteiger partial charge in [0.05, 0.1) is 0 Å². The molecule has 0 unspecified atom stereocenters. The van der Waals surface area contributed by atoms with Gasteiger partial charge in [-0.2, -0.15) is 0 Å². The third-order valence-corrected chi connectivity index (χ3v) is 7.35. The molecule has 2 heteroatoms. The largest absolute Gasteiger partial charge is 0.352 e. The van der Waals surface area contributed by atoms with Gasteiger partial charge in [0.1, 0.15) is 0 Å². The highest BCUT2D eigenvalue weighted by molar-refractivity contribution is 6.06. The highest BCUT2D eigenvalue weighted by Gasteiger charge is 2.08. The molecule has 0 aromatic heterocycles. The average Bonchev–Trinajstić information content (AvgIpc) is 2.89. The number of unbranched alkanes of at least 4 members (excludes halogenated alkanes) is 19. The van der Waals surface area contributed by atoms with Gasteiger partial charge in [-0.15, -0.1) is 0 Å². The van der Waals surface area contributed by atoms with Crippen LogP contribution in [0.3, 0.4) is 0 Å². The molecule has 0 bridgehead atoms. The Hall–Kier alpha value is -1.83. The molecule has 2 nitrogen and oxygen atoms in total. The molecule has 2 aromatic carbocycles. The Morgan fingerprint density at radius 2 is 0.971 bits per heavy atom.